The van der Waals surface area contributed by atoms with Crippen molar-refractivity contribution in [2.24, 2.45) is 11.3 Å². The number of aliphatic carboxylic acids is 1. The average Bonchev–Trinajstić information content (AvgIpc) is 2.33. The number of hydrogen-bond acceptors (Lipinski definition) is 2. The van der Waals surface area contributed by atoms with Gasteiger partial charge in [-0.3, -0.25) is 4.79 Å². The molecule has 114 valence electrons. The Hall–Kier alpha value is -1.44. The van der Waals surface area contributed by atoms with Crippen LogP contribution in [0.15, 0.2) is 12.2 Å². The Morgan fingerprint density at radius 3 is 2.40 bits per heavy atom. The van der Waals surface area contributed by atoms with Crippen molar-refractivity contribution < 1.29 is 18.7 Å². The molecule has 0 heterocycles. The van der Waals surface area contributed by atoms with E-state index in [1.807, 2.05) is 13.8 Å². The maximum atomic E-state index is 13.2. The van der Waals surface area contributed by atoms with E-state index in [1.165, 1.54) is 6.92 Å². The van der Waals surface area contributed by atoms with E-state index < -0.39 is 23.2 Å². The first-order valence-electron chi connectivity index (χ1n) is 6.70. The molecule has 20 heavy (non-hydrogen) atoms. The highest BCUT2D eigenvalue weighted by atomic mass is 19.3. The largest absolute Gasteiger partial charge is 0.480 e. The minimum Gasteiger partial charge on any atom is -0.480 e. The summed E-state index contributed by atoms with van der Waals surface area (Å²) in [6.45, 7) is 8.88. The summed E-state index contributed by atoms with van der Waals surface area (Å²) < 4.78 is 26.3. The normalized spacial score (nSPS) is 13.6. The standard InChI is InChI=1S/C15H23F2NO2/c1-5-15(16,17)7-6-11(2)8-14(3,4)9-12(10-18)13(19)20/h12H,2,5-9H2,1,3-4H3,(H,19,20). The minimum atomic E-state index is -2.68. The van der Waals surface area contributed by atoms with Gasteiger partial charge < -0.3 is 5.11 Å². The monoisotopic (exact) mass is 287 g/mol. The fourth-order valence-electron chi connectivity index (χ4n) is 2.11. The molecule has 0 aliphatic rings. The number of nitrogens with zero attached hydrogens (tertiary/aromatic N) is 1. The summed E-state index contributed by atoms with van der Waals surface area (Å²) in [6.07, 6.45) is 0.410. The van der Waals surface area contributed by atoms with Gasteiger partial charge in [-0.15, -0.1) is 0 Å². The van der Waals surface area contributed by atoms with E-state index in [1.54, 1.807) is 6.07 Å². The molecule has 0 aromatic heterocycles. The Morgan fingerprint density at radius 2 is 2.00 bits per heavy atom. The van der Waals surface area contributed by atoms with Crippen LogP contribution in [0.3, 0.4) is 0 Å². The molecule has 0 radical (unpaired) electrons. The number of carbonyl (C=O) groups is 1. The lowest BCUT2D eigenvalue weighted by Crippen LogP contribution is -2.23. The van der Waals surface area contributed by atoms with Crippen LogP contribution in [-0.2, 0) is 4.79 Å². The molecule has 0 aromatic carbocycles. The van der Waals surface area contributed by atoms with Crippen LogP contribution in [-0.4, -0.2) is 17.0 Å². The first kappa shape index (κ1) is 18.6. The van der Waals surface area contributed by atoms with E-state index >= 15 is 0 Å². The fraction of sp³-hybridized carbons (Fsp3) is 0.733. The second kappa shape index (κ2) is 7.37. The van der Waals surface area contributed by atoms with Crippen molar-refractivity contribution >= 4 is 5.97 Å². The maximum Gasteiger partial charge on any atom is 0.320 e. The van der Waals surface area contributed by atoms with E-state index in [0.717, 1.165) is 0 Å². The second-order valence-electron chi connectivity index (χ2n) is 6.02. The smallest absolute Gasteiger partial charge is 0.320 e. The summed E-state index contributed by atoms with van der Waals surface area (Å²) in [7, 11) is 0. The molecule has 5 heteroatoms. The predicted octanol–water partition coefficient (Wildman–Crippen LogP) is 4.40. The molecule has 0 spiro atoms. The topological polar surface area (TPSA) is 61.1 Å². The molecule has 0 rings (SSSR count). The highest BCUT2D eigenvalue weighted by molar-refractivity contribution is 5.72. The predicted molar refractivity (Wildman–Crippen MR) is 73.4 cm³/mol. The van der Waals surface area contributed by atoms with Crippen LogP contribution >= 0.6 is 0 Å². The number of rotatable bonds is 9. The van der Waals surface area contributed by atoms with Crippen molar-refractivity contribution in [2.45, 2.75) is 58.8 Å². The first-order chi connectivity index (χ1) is 9.03. The first-order valence-corrected chi connectivity index (χ1v) is 6.70. The van der Waals surface area contributed by atoms with E-state index in [0.29, 0.717) is 12.0 Å². The number of carboxylic acid groups (broad SMARTS) is 1. The molecule has 0 saturated carbocycles. The highest BCUT2D eigenvalue weighted by Crippen LogP contribution is 2.35. The van der Waals surface area contributed by atoms with Crippen LogP contribution < -0.4 is 0 Å². The van der Waals surface area contributed by atoms with Gasteiger partial charge in [0.2, 0.25) is 5.92 Å². The van der Waals surface area contributed by atoms with Crippen molar-refractivity contribution in [1.82, 2.24) is 0 Å². The molecule has 0 aromatic rings. The number of hydrogen-bond donors (Lipinski definition) is 1. The Bertz CT molecular complexity index is 397. The number of allylic oxidation sites excluding steroid dienone is 1. The van der Waals surface area contributed by atoms with Gasteiger partial charge >= 0.3 is 5.97 Å². The summed E-state index contributed by atoms with van der Waals surface area (Å²) in [4.78, 5) is 10.8. The SMILES string of the molecule is C=C(CCC(F)(F)CC)CC(C)(C)CC(C#N)C(=O)O. The molecule has 0 aliphatic carbocycles. The van der Waals surface area contributed by atoms with Gasteiger partial charge in [-0.2, -0.15) is 5.26 Å². The zero-order valence-electron chi connectivity index (χ0n) is 12.4. The molecule has 1 N–H and O–H groups in total. The Kier molecular flexibility index (Phi) is 6.84. The number of halogens is 2. The van der Waals surface area contributed by atoms with Crippen LogP contribution in [0.5, 0.6) is 0 Å². The number of nitriles is 1. The van der Waals surface area contributed by atoms with Crippen molar-refractivity contribution in [1.29, 1.82) is 5.26 Å². The van der Waals surface area contributed by atoms with Gasteiger partial charge in [0.25, 0.3) is 0 Å². The average molecular weight is 287 g/mol. The van der Waals surface area contributed by atoms with Gasteiger partial charge in [0.05, 0.1) is 6.07 Å². The molecule has 0 amide bonds. The van der Waals surface area contributed by atoms with Gasteiger partial charge in [-0.05, 0) is 24.7 Å². The van der Waals surface area contributed by atoms with Gasteiger partial charge in [-0.25, -0.2) is 8.78 Å². The van der Waals surface area contributed by atoms with Gasteiger partial charge in [-0.1, -0.05) is 32.9 Å². The van der Waals surface area contributed by atoms with Crippen LogP contribution in [0.25, 0.3) is 0 Å². The van der Waals surface area contributed by atoms with Gasteiger partial charge in [0.15, 0.2) is 0 Å². The minimum absolute atomic E-state index is 0.183. The Morgan fingerprint density at radius 1 is 1.45 bits per heavy atom. The molecule has 0 bridgehead atoms. The molecule has 1 atom stereocenters. The lowest BCUT2D eigenvalue weighted by molar-refractivity contribution is -0.140. The van der Waals surface area contributed by atoms with Crippen LogP contribution in [0.1, 0.15) is 52.9 Å². The van der Waals surface area contributed by atoms with Gasteiger partial charge in [0, 0.05) is 12.8 Å². The zero-order valence-corrected chi connectivity index (χ0v) is 12.4. The van der Waals surface area contributed by atoms with E-state index in [4.69, 9.17) is 10.4 Å². The molecular formula is C15H23F2NO2. The van der Waals surface area contributed by atoms with Crippen molar-refractivity contribution in [3.63, 3.8) is 0 Å². The van der Waals surface area contributed by atoms with Crippen LogP contribution in [0.4, 0.5) is 8.78 Å². The summed E-state index contributed by atoms with van der Waals surface area (Å²) >= 11 is 0. The third-order valence-electron chi connectivity index (χ3n) is 3.30. The van der Waals surface area contributed by atoms with Crippen LogP contribution in [0.2, 0.25) is 0 Å². The van der Waals surface area contributed by atoms with E-state index in [9.17, 15) is 13.6 Å². The van der Waals surface area contributed by atoms with E-state index in [-0.39, 0.29) is 25.7 Å². The maximum absolute atomic E-state index is 13.2. The van der Waals surface area contributed by atoms with Gasteiger partial charge in [0.1, 0.15) is 5.92 Å². The summed E-state index contributed by atoms with van der Waals surface area (Å²) in [6, 6.07) is 1.75. The summed E-state index contributed by atoms with van der Waals surface area (Å²) in [5.41, 5.74) is 0.224. The van der Waals surface area contributed by atoms with E-state index in [2.05, 4.69) is 6.58 Å². The second-order valence-corrected chi connectivity index (χ2v) is 6.02. The molecule has 0 saturated heterocycles. The molecular weight excluding hydrogens is 264 g/mol. The Labute approximate surface area is 119 Å². The van der Waals surface area contributed by atoms with Crippen LogP contribution in [0, 0.1) is 22.7 Å². The van der Waals surface area contributed by atoms with Crippen molar-refractivity contribution in [3.8, 4) is 6.07 Å². The third kappa shape index (κ3) is 7.22. The van der Waals surface area contributed by atoms with Crippen molar-refractivity contribution in [2.75, 3.05) is 0 Å². The van der Waals surface area contributed by atoms with Crippen molar-refractivity contribution in [3.05, 3.63) is 12.2 Å². The highest BCUT2D eigenvalue weighted by Gasteiger charge is 2.30. The molecule has 0 aliphatic heterocycles. The Balaban J connectivity index is 4.43. The summed E-state index contributed by atoms with van der Waals surface area (Å²) in [5.74, 6) is -4.90. The number of alkyl halides is 2. The fourth-order valence-corrected chi connectivity index (χ4v) is 2.11. The molecule has 0 fully saturated rings. The lowest BCUT2D eigenvalue weighted by atomic mass is 9.77. The zero-order chi connectivity index (χ0) is 16.0. The third-order valence-corrected chi connectivity index (χ3v) is 3.30. The molecule has 1 unspecified atom stereocenters. The summed E-state index contributed by atoms with van der Waals surface area (Å²) in [5, 5.41) is 17.7. The quantitative estimate of drug-likeness (QED) is 0.639. The number of carboxylic acids is 1. The lowest BCUT2D eigenvalue weighted by Gasteiger charge is -2.27. The molecule has 3 nitrogen and oxygen atoms in total.